The van der Waals surface area contributed by atoms with Crippen LogP contribution >= 0.6 is 0 Å². The van der Waals surface area contributed by atoms with Crippen LogP contribution in [0.5, 0.6) is 0 Å². The maximum Gasteiger partial charge on any atom is 0.329 e. The van der Waals surface area contributed by atoms with Gasteiger partial charge in [0, 0.05) is 65.6 Å². The first-order valence-corrected chi connectivity index (χ1v) is 28.1. The number of hydrogen-bond donors (Lipinski definition) is 1. The van der Waals surface area contributed by atoms with Crippen molar-refractivity contribution in [3.8, 4) is 0 Å². The van der Waals surface area contributed by atoms with Crippen LogP contribution in [-0.4, -0.2) is 175 Å². The molecule has 5 rings (SSSR count). The number of carbonyl (C=O) groups excluding carboxylic acids is 5. The minimum atomic E-state index is -2.46. The molecule has 5 aliphatic rings. The van der Waals surface area contributed by atoms with E-state index in [1.807, 2.05) is 58.1 Å². The van der Waals surface area contributed by atoms with Gasteiger partial charge in [0.25, 0.3) is 11.7 Å². The summed E-state index contributed by atoms with van der Waals surface area (Å²) in [4.78, 5) is 73.5. The van der Waals surface area contributed by atoms with Gasteiger partial charge in [0.15, 0.2) is 5.78 Å². The normalized spacial score (nSPS) is 37.4. The van der Waals surface area contributed by atoms with Crippen LogP contribution in [0.1, 0.15) is 126 Å². The fourth-order valence-electron chi connectivity index (χ4n) is 11.5. The number of nitrogens with zero attached hydrogens (tertiary/aromatic N) is 1. The maximum absolute atomic E-state index is 14.7. The summed E-state index contributed by atoms with van der Waals surface area (Å²) in [6.07, 6.45) is 13.5. The zero-order valence-corrected chi connectivity index (χ0v) is 47.6. The van der Waals surface area contributed by atoms with E-state index in [0.717, 1.165) is 18.4 Å². The lowest BCUT2D eigenvalue weighted by molar-refractivity contribution is -0.266. The van der Waals surface area contributed by atoms with E-state index in [9.17, 15) is 29.1 Å². The second-order valence-corrected chi connectivity index (χ2v) is 22.3. The number of ether oxygens (including phenoxy) is 10. The van der Waals surface area contributed by atoms with Gasteiger partial charge in [-0.3, -0.25) is 19.2 Å². The molecule has 4 heterocycles. The van der Waals surface area contributed by atoms with Crippen LogP contribution in [0.15, 0.2) is 47.6 Å². The van der Waals surface area contributed by atoms with Gasteiger partial charge in [-0.2, -0.15) is 0 Å². The van der Waals surface area contributed by atoms with E-state index in [4.69, 9.17) is 47.4 Å². The second-order valence-electron chi connectivity index (χ2n) is 22.3. The van der Waals surface area contributed by atoms with Gasteiger partial charge >= 0.3 is 5.97 Å². The summed E-state index contributed by atoms with van der Waals surface area (Å²) in [5.74, 6) is -7.52. The van der Waals surface area contributed by atoms with Crippen molar-refractivity contribution < 1.29 is 76.4 Å². The zero-order chi connectivity index (χ0) is 55.5. The topological polar surface area (TPSA) is 201 Å². The fraction of sp³-hybridized carbons (Fsp3) is 0.780. The number of Topliss-reactive ketones (excluding diaryl/α,β-unsaturated/α-hetero) is 3. The lowest BCUT2D eigenvalue weighted by atomic mass is 9.78. The van der Waals surface area contributed by atoms with Gasteiger partial charge in [0.05, 0.1) is 64.1 Å². The zero-order valence-electron chi connectivity index (χ0n) is 47.6. The van der Waals surface area contributed by atoms with Crippen molar-refractivity contribution in [2.75, 3.05) is 74.6 Å². The average Bonchev–Trinajstić information content (AvgIpc) is 3.39. The van der Waals surface area contributed by atoms with E-state index in [2.05, 4.69) is 6.92 Å². The molecule has 15 atom stereocenters. The Morgan fingerprint density at radius 3 is 2.17 bits per heavy atom. The van der Waals surface area contributed by atoms with Gasteiger partial charge in [-0.15, -0.1) is 0 Å². The Morgan fingerprint density at radius 2 is 1.49 bits per heavy atom. The summed E-state index contributed by atoms with van der Waals surface area (Å²) in [5.41, 5.74) is 1.52. The minimum Gasteiger partial charge on any atom is -0.460 e. The SMILES string of the molecule is COCCO[C@@H]1CC[C@@H](C[C@@H](C)[C@@H]2CC(=O)[C@H](C)/C=C(\C)[C@@H](OC)[C@@H](OC)C(=O)[C@H](C)C[C@H](C)/C=C/C=C/C=C(\C)C(OCCOC3COC3)C[C@@H]3CC[C@@H](C)[C@@](O)(O3)C(=O)C(=O)N3CCCC[C@H]3C(=O)O2)C[C@H]1OC. The smallest absolute Gasteiger partial charge is 0.329 e. The first-order chi connectivity index (χ1) is 36.3. The highest BCUT2D eigenvalue weighted by atomic mass is 16.6. The van der Waals surface area contributed by atoms with E-state index in [0.29, 0.717) is 83.6 Å². The van der Waals surface area contributed by atoms with E-state index in [1.54, 1.807) is 34.1 Å². The Balaban J connectivity index is 1.47. The largest absolute Gasteiger partial charge is 0.460 e. The van der Waals surface area contributed by atoms with Crippen LogP contribution in [0.3, 0.4) is 0 Å². The number of allylic oxidation sites excluding steroid dienone is 6. The van der Waals surface area contributed by atoms with Crippen LogP contribution in [0.4, 0.5) is 0 Å². The molecule has 1 saturated carbocycles. The van der Waals surface area contributed by atoms with Crippen LogP contribution < -0.4 is 0 Å². The van der Waals surface area contributed by atoms with E-state index < -0.39 is 71.8 Å². The summed E-state index contributed by atoms with van der Waals surface area (Å²) >= 11 is 0. The number of esters is 1. The van der Waals surface area contributed by atoms with Crippen molar-refractivity contribution in [2.45, 2.75) is 186 Å². The number of ketones is 3. The predicted octanol–water partition coefficient (Wildman–Crippen LogP) is 7.29. The number of carbonyl (C=O) groups is 5. The summed E-state index contributed by atoms with van der Waals surface area (Å²) < 4.78 is 59.2. The molecule has 430 valence electrons. The first kappa shape index (κ1) is 63.3. The van der Waals surface area contributed by atoms with Crippen LogP contribution in [0.25, 0.3) is 0 Å². The molecule has 0 aromatic heterocycles. The molecule has 17 heteroatoms. The molecular weight excluding hydrogens is 979 g/mol. The lowest BCUT2D eigenvalue weighted by Gasteiger charge is -2.43. The van der Waals surface area contributed by atoms with Gasteiger partial charge in [-0.05, 0) is 107 Å². The molecule has 3 saturated heterocycles. The summed E-state index contributed by atoms with van der Waals surface area (Å²) in [6.45, 7) is 15.9. The third-order valence-electron chi connectivity index (χ3n) is 16.4. The van der Waals surface area contributed by atoms with E-state index in [-0.39, 0.29) is 86.0 Å². The molecule has 1 amide bonds. The summed E-state index contributed by atoms with van der Waals surface area (Å²) in [7, 11) is 6.31. The van der Waals surface area contributed by atoms with Gasteiger partial charge < -0.3 is 57.4 Å². The molecule has 2 bridgehead atoms. The Labute approximate surface area is 453 Å². The Hall–Kier alpha value is -3.49. The van der Waals surface area contributed by atoms with Crippen LogP contribution in [-0.2, 0) is 71.3 Å². The van der Waals surface area contributed by atoms with Crippen molar-refractivity contribution in [2.24, 2.45) is 35.5 Å². The molecule has 1 N–H and O–H groups in total. The fourth-order valence-corrected chi connectivity index (χ4v) is 11.5. The minimum absolute atomic E-state index is 0.0240. The molecular formula is C59H93NO16. The maximum atomic E-state index is 14.7. The average molecular weight is 1070 g/mol. The summed E-state index contributed by atoms with van der Waals surface area (Å²) in [5, 5.41) is 12.2. The lowest BCUT2D eigenvalue weighted by Crippen LogP contribution is -2.61. The highest BCUT2D eigenvalue weighted by Gasteiger charge is 2.53. The molecule has 76 heavy (non-hydrogen) atoms. The quantitative estimate of drug-likeness (QED) is 0.0741. The number of fused-ring (bicyclic) bond motifs is 3. The van der Waals surface area contributed by atoms with Gasteiger partial charge in [0.1, 0.15) is 36.2 Å². The molecule has 1 aliphatic carbocycles. The van der Waals surface area contributed by atoms with Gasteiger partial charge in [0.2, 0.25) is 5.79 Å². The van der Waals surface area contributed by atoms with Crippen molar-refractivity contribution in [1.82, 2.24) is 4.90 Å². The molecule has 0 spiro atoms. The first-order valence-electron chi connectivity index (χ1n) is 28.1. The number of hydrogen-bond acceptors (Lipinski definition) is 16. The van der Waals surface area contributed by atoms with E-state index in [1.165, 1.54) is 19.1 Å². The molecule has 4 fully saturated rings. The molecule has 0 aromatic carbocycles. The van der Waals surface area contributed by atoms with Crippen molar-refractivity contribution >= 4 is 29.2 Å². The Kier molecular flexibility index (Phi) is 26.1. The Morgan fingerprint density at radius 1 is 0.763 bits per heavy atom. The third-order valence-corrected chi connectivity index (χ3v) is 16.4. The highest BCUT2D eigenvalue weighted by Crippen LogP contribution is 2.38. The second kappa shape index (κ2) is 31.3. The molecule has 1 unspecified atom stereocenters. The van der Waals surface area contributed by atoms with Crippen molar-refractivity contribution in [3.63, 3.8) is 0 Å². The van der Waals surface area contributed by atoms with Crippen LogP contribution in [0, 0.1) is 35.5 Å². The molecule has 4 aliphatic heterocycles. The highest BCUT2D eigenvalue weighted by molar-refractivity contribution is 6.39. The predicted molar refractivity (Wildman–Crippen MR) is 285 cm³/mol. The van der Waals surface area contributed by atoms with Crippen molar-refractivity contribution in [1.29, 1.82) is 0 Å². The monoisotopic (exact) mass is 1070 g/mol. The number of amides is 1. The number of rotatable bonds is 15. The molecule has 17 nitrogen and oxygen atoms in total. The molecule has 0 aromatic rings. The number of methoxy groups -OCH3 is 4. The number of piperidine rings is 1. The summed E-state index contributed by atoms with van der Waals surface area (Å²) in [6, 6.07) is -1.14. The van der Waals surface area contributed by atoms with E-state index >= 15 is 0 Å². The molecule has 0 radical (unpaired) electrons. The van der Waals surface area contributed by atoms with Gasteiger partial charge in [-0.25, -0.2) is 4.79 Å². The standard InChI is InChI=1S/C59H93NO16/c1-37-17-13-12-14-18-38(2)50(74-28-27-72-46-35-71-36-46)33-45-22-20-43(7)59(66,76-45)56(63)57(64)60-24-16-15-19-47(60)58(65)75-51(40(4)31-44-21-23-49(52(32-44)68-9)73-26-25-67-8)34-48(61)39(3)30-42(6)54(69-10)55(70-11)53(62)41(5)29-37/h12-14,17-18,30,37,39-41,43-47,49-52,54-55,66H,15-16,19-29,31-36H2,1-11H3/b14-12+,17-13+,38-18+,42-30+/t37-,39-,40-,41-,43-,44+,45+,47+,49-,50?,51+,52-,54-,55+,59-/m1/s1. The third kappa shape index (κ3) is 17.8. The van der Waals surface area contributed by atoms with Gasteiger partial charge in [-0.1, -0.05) is 71.1 Å². The number of aliphatic hydroxyl groups is 1. The number of cyclic esters (lactones) is 1. The Bertz CT molecular complexity index is 2000. The van der Waals surface area contributed by atoms with Crippen molar-refractivity contribution in [3.05, 3.63) is 47.6 Å². The van der Waals surface area contributed by atoms with Crippen LogP contribution in [0.2, 0.25) is 0 Å².